The second-order valence-corrected chi connectivity index (χ2v) is 5.32. The Morgan fingerprint density at radius 3 is 2.75 bits per heavy atom. The highest BCUT2D eigenvalue weighted by molar-refractivity contribution is 5.91. The standard InChI is InChI=1S/C15H24FN3O/c1-4-19(10-11(2)3)8-7-15(20)18-14-9-12(17)5-6-13(14)16/h5-6,9,11H,4,7-8,10,17H2,1-3H3,(H,18,20). The second-order valence-electron chi connectivity index (χ2n) is 5.32. The Labute approximate surface area is 120 Å². The molecule has 5 heteroatoms. The predicted octanol–water partition coefficient (Wildman–Crippen LogP) is 2.71. The van der Waals surface area contributed by atoms with Gasteiger partial charge in [-0.05, 0) is 30.7 Å². The average Bonchev–Trinajstić information content (AvgIpc) is 2.38. The maximum Gasteiger partial charge on any atom is 0.225 e. The number of nitrogens with one attached hydrogen (secondary N) is 1. The van der Waals surface area contributed by atoms with Crippen LogP contribution >= 0.6 is 0 Å². The first-order valence-corrected chi connectivity index (χ1v) is 6.99. The molecule has 1 aromatic carbocycles. The molecule has 0 spiro atoms. The molecule has 0 saturated carbocycles. The van der Waals surface area contributed by atoms with Crippen molar-refractivity contribution in [2.75, 3.05) is 30.7 Å². The Morgan fingerprint density at radius 1 is 1.45 bits per heavy atom. The fourth-order valence-electron chi connectivity index (χ4n) is 2.01. The minimum Gasteiger partial charge on any atom is -0.399 e. The van der Waals surface area contributed by atoms with Crippen molar-refractivity contribution in [1.29, 1.82) is 0 Å². The summed E-state index contributed by atoms with van der Waals surface area (Å²) in [5, 5.41) is 2.56. The number of carbonyl (C=O) groups is 1. The van der Waals surface area contributed by atoms with Crippen LogP contribution < -0.4 is 11.1 Å². The number of rotatable bonds is 7. The SMILES string of the molecule is CCN(CCC(=O)Nc1cc(N)ccc1F)CC(C)C. The van der Waals surface area contributed by atoms with Crippen LogP contribution in [0, 0.1) is 11.7 Å². The third kappa shape index (κ3) is 5.57. The summed E-state index contributed by atoms with van der Waals surface area (Å²) in [7, 11) is 0. The van der Waals surface area contributed by atoms with Crippen molar-refractivity contribution in [2.45, 2.75) is 27.2 Å². The molecule has 0 aliphatic heterocycles. The minimum atomic E-state index is -0.470. The van der Waals surface area contributed by atoms with Crippen LogP contribution in [0.1, 0.15) is 27.2 Å². The first-order chi connectivity index (χ1) is 9.42. The molecule has 1 rings (SSSR count). The van der Waals surface area contributed by atoms with Gasteiger partial charge in [-0.1, -0.05) is 20.8 Å². The van der Waals surface area contributed by atoms with Crippen molar-refractivity contribution < 1.29 is 9.18 Å². The number of benzene rings is 1. The number of nitrogens with two attached hydrogens (primary N) is 1. The summed E-state index contributed by atoms with van der Waals surface area (Å²) in [6.45, 7) is 8.88. The van der Waals surface area contributed by atoms with Crippen LogP contribution in [0.3, 0.4) is 0 Å². The molecule has 0 atom stereocenters. The van der Waals surface area contributed by atoms with Gasteiger partial charge in [0.15, 0.2) is 0 Å². The predicted molar refractivity (Wildman–Crippen MR) is 81.0 cm³/mol. The number of anilines is 2. The molecule has 0 fully saturated rings. The number of carbonyl (C=O) groups excluding carboxylic acids is 1. The van der Waals surface area contributed by atoms with Crippen molar-refractivity contribution in [2.24, 2.45) is 5.92 Å². The van der Waals surface area contributed by atoms with Crippen LogP contribution in [0.2, 0.25) is 0 Å². The van der Waals surface area contributed by atoms with Gasteiger partial charge in [0.25, 0.3) is 0 Å². The molecule has 0 radical (unpaired) electrons. The fraction of sp³-hybridized carbons (Fsp3) is 0.533. The monoisotopic (exact) mass is 281 g/mol. The smallest absolute Gasteiger partial charge is 0.225 e. The van der Waals surface area contributed by atoms with E-state index in [1.807, 2.05) is 0 Å². The van der Waals surface area contributed by atoms with Gasteiger partial charge in [-0.25, -0.2) is 4.39 Å². The zero-order chi connectivity index (χ0) is 15.1. The molecule has 0 aliphatic rings. The minimum absolute atomic E-state index is 0.141. The normalized spacial score (nSPS) is 11.1. The zero-order valence-corrected chi connectivity index (χ0v) is 12.4. The summed E-state index contributed by atoms with van der Waals surface area (Å²) in [6.07, 6.45) is 0.342. The van der Waals surface area contributed by atoms with Gasteiger partial charge in [-0.15, -0.1) is 0 Å². The molecule has 0 unspecified atom stereocenters. The number of hydrogen-bond acceptors (Lipinski definition) is 3. The molecule has 0 heterocycles. The summed E-state index contributed by atoms with van der Waals surface area (Å²) in [5.74, 6) is -0.108. The van der Waals surface area contributed by atoms with Crippen LogP contribution in [-0.4, -0.2) is 30.4 Å². The Balaban J connectivity index is 2.49. The Bertz CT molecular complexity index is 449. The van der Waals surface area contributed by atoms with E-state index < -0.39 is 5.82 Å². The van der Waals surface area contributed by atoms with Crippen LogP contribution in [0.4, 0.5) is 15.8 Å². The molecular weight excluding hydrogens is 257 g/mol. The Hall–Kier alpha value is -1.62. The first-order valence-electron chi connectivity index (χ1n) is 6.99. The third-order valence-electron chi connectivity index (χ3n) is 2.99. The van der Waals surface area contributed by atoms with Gasteiger partial charge < -0.3 is 16.0 Å². The summed E-state index contributed by atoms with van der Waals surface area (Å²) in [5.41, 5.74) is 6.14. The third-order valence-corrected chi connectivity index (χ3v) is 2.99. The van der Waals surface area contributed by atoms with Crippen LogP contribution in [0.25, 0.3) is 0 Å². The molecule has 112 valence electrons. The number of nitrogens with zero attached hydrogens (tertiary/aromatic N) is 1. The molecule has 0 aliphatic carbocycles. The van der Waals surface area contributed by atoms with Crippen molar-refractivity contribution in [3.05, 3.63) is 24.0 Å². The highest BCUT2D eigenvalue weighted by Gasteiger charge is 2.10. The fourth-order valence-corrected chi connectivity index (χ4v) is 2.01. The van der Waals surface area contributed by atoms with Crippen molar-refractivity contribution in [3.8, 4) is 0 Å². The summed E-state index contributed by atoms with van der Waals surface area (Å²) in [4.78, 5) is 14.0. The lowest BCUT2D eigenvalue weighted by Crippen LogP contribution is -2.31. The largest absolute Gasteiger partial charge is 0.399 e. The molecule has 3 N–H and O–H groups in total. The summed E-state index contributed by atoms with van der Waals surface area (Å²) in [6, 6.07) is 4.15. The van der Waals surface area contributed by atoms with E-state index in [4.69, 9.17) is 5.73 Å². The van der Waals surface area contributed by atoms with Gasteiger partial charge in [0.1, 0.15) is 5.82 Å². The molecule has 0 saturated heterocycles. The van der Waals surface area contributed by atoms with E-state index in [2.05, 4.69) is 31.0 Å². The van der Waals surface area contributed by atoms with E-state index >= 15 is 0 Å². The highest BCUT2D eigenvalue weighted by Crippen LogP contribution is 2.17. The summed E-state index contributed by atoms with van der Waals surface area (Å²) >= 11 is 0. The van der Waals surface area contributed by atoms with Crippen molar-refractivity contribution >= 4 is 17.3 Å². The second kappa shape index (κ2) is 7.85. The molecular formula is C15H24FN3O. The maximum atomic E-state index is 13.5. The van der Waals surface area contributed by atoms with E-state index in [0.717, 1.165) is 13.1 Å². The Morgan fingerprint density at radius 2 is 2.15 bits per heavy atom. The molecule has 20 heavy (non-hydrogen) atoms. The van der Waals surface area contributed by atoms with E-state index in [0.29, 0.717) is 24.6 Å². The van der Waals surface area contributed by atoms with Gasteiger partial charge >= 0.3 is 0 Å². The Kier molecular flexibility index (Phi) is 6.45. The lowest BCUT2D eigenvalue weighted by molar-refractivity contribution is -0.116. The molecule has 4 nitrogen and oxygen atoms in total. The molecule has 1 amide bonds. The van der Waals surface area contributed by atoms with Crippen LogP contribution in [0.15, 0.2) is 18.2 Å². The van der Waals surface area contributed by atoms with Crippen LogP contribution in [0.5, 0.6) is 0 Å². The first kappa shape index (κ1) is 16.4. The molecule has 1 aromatic rings. The van der Waals surface area contributed by atoms with E-state index in [1.165, 1.54) is 18.2 Å². The molecule has 0 aromatic heterocycles. The van der Waals surface area contributed by atoms with Gasteiger partial charge in [0.05, 0.1) is 5.69 Å². The summed E-state index contributed by atoms with van der Waals surface area (Å²) < 4.78 is 13.5. The van der Waals surface area contributed by atoms with Crippen molar-refractivity contribution in [3.63, 3.8) is 0 Å². The quantitative estimate of drug-likeness (QED) is 0.756. The lowest BCUT2D eigenvalue weighted by atomic mass is 10.2. The van der Waals surface area contributed by atoms with Gasteiger partial charge in [-0.2, -0.15) is 0 Å². The average molecular weight is 281 g/mol. The topological polar surface area (TPSA) is 58.4 Å². The van der Waals surface area contributed by atoms with Gasteiger partial charge in [0, 0.05) is 25.2 Å². The maximum absolute atomic E-state index is 13.5. The van der Waals surface area contributed by atoms with E-state index in [-0.39, 0.29) is 11.6 Å². The molecule has 0 bridgehead atoms. The van der Waals surface area contributed by atoms with Gasteiger partial charge in [0.2, 0.25) is 5.91 Å². The number of amides is 1. The van der Waals surface area contributed by atoms with E-state index in [1.54, 1.807) is 0 Å². The number of hydrogen-bond donors (Lipinski definition) is 2. The number of nitrogen functional groups attached to an aromatic ring is 1. The van der Waals surface area contributed by atoms with Crippen molar-refractivity contribution in [1.82, 2.24) is 4.90 Å². The zero-order valence-electron chi connectivity index (χ0n) is 12.4. The highest BCUT2D eigenvalue weighted by atomic mass is 19.1. The van der Waals surface area contributed by atoms with Crippen LogP contribution in [-0.2, 0) is 4.79 Å². The lowest BCUT2D eigenvalue weighted by Gasteiger charge is -2.22. The van der Waals surface area contributed by atoms with E-state index in [9.17, 15) is 9.18 Å². The number of halogens is 1. The van der Waals surface area contributed by atoms with Gasteiger partial charge in [-0.3, -0.25) is 4.79 Å².